The van der Waals surface area contributed by atoms with Crippen molar-refractivity contribution in [3.63, 3.8) is 0 Å². The lowest BCUT2D eigenvalue weighted by atomic mass is 10.0. The van der Waals surface area contributed by atoms with Gasteiger partial charge in [-0.25, -0.2) is 13.8 Å². The Morgan fingerprint density at radius 3 is 2.31 bits per heavy atom. The van der Waals surface area contributed by atoms with E-state index in [9.17, 15) is 31.5 Å². The number of hydrogen-bond donors (Lipinski definition) is 1. The van der Waals surface area contributed by atoms with Gasteiger partial charge in [-0.3, -0.25) is 14.5 Å². The van der Waals surface area contributed by atoms with Gasteiger partial charge in [-0.05, 0) is 38.1 Å². The van der Waals surface area contributed by atoms with Crippen LogP contribution in [0.2, 0.25) is 0 Å². The number of aromatic amines is 1. The molecule has 3 aromatic rings. The molecule has 1 aliphatic heterocycles. The van der Waals surface area contributed by atoms with Crippen LogP contribution < -0.4 is 15.4 Å². The van der Waals surface area contributed by atoms with Gasteiger partial charge in [-0.1, -0.05) is 0 Å². The van der Waals surface area contributed by atoms with E-state index in [2.05, 4.69) is 9.97 Å². The Bertz CT molecular complexity index is 1300. The van der Waals surface area contributed by atoms with Gasteiger partial charge in [0.25, 0.3) is 5.91 Å². The van der Waals surface area contributed by atoms with E-state index in [1.807, 2.05) is 0 Å². The Kier molecular flexibility index (Phi) is 4.99. The lowest BCUT2D eigenvalue weighted by Gasteiger charge is -2.39. The van der Waals surface area contributed by atoms with Gasteiger partial charge >= 0.3 is 6.18 Å². The summed E-state index contributed by atoms with van der Waals surface area (Å²) in [5.74, 6) is -2.97. The van der Waals surface area contributed by atoms with E-state index in [0.29, 0.717) is 11.8 Å². The fourth-order valence-electron chi connectivity index (χ4n) is 3.61. The number of benzene rings is 1. The Morgan fingerprint density at radius 2 is 1.66 bits per heavy atom. The minimum Gasteiger partial charge on any atom is -0.324 e. The molecule has 0 unspecified atom stereocenters. The van der Waals surface area contributed by atoms with Crippen LogP contribution in [0.25, 0.3) is 0 Å². The number of carbonyl (C=O) groups is 1. The molecule has 4 rings (SSSR count). The average Bonchev–Trinajstić information content (AvgIpc) is 2.73. The second-order valence-corrected chi connectivity index (χ2v) is 7.23. The van der Waals surface area contributed by atoms with Crippen LogP contribution in [-0.2, 0) is 6.18 Å². The number of carbonyl (C=O) groups excluding carboxylic acids is 1. The average molecular weight is 450 g/mol. The molecule has 1 aromatic carbocycles. The molecule has 3 heterocycles. The van der Waals surface area contributed by atoms with Crippen LogP contribution in [-0.4, -0.2) is 22.5 Å². The highest BCUT2D eigenvalue weighted by Crippen LogP contribution is 2.40. The van der Waals surface area contributed by atoms with Crippen molar-refractivity contribution in [3.8, 4) is 0 Å². The minimum atomic E-state index is -4.80. The maximum Gasteiger partial charge on any atom is 0.433 e. The van der Waals surface area contributed by atoms with E-state index < -0.39 is 35.0 Å². The first-order valence-electron chi connectivity index (χ1n) is 9.30. The zero-order valence-electron chi connectivity index (χ0n) is 16.7. The molecule has 0 atom stereocenters. The first-order valence-corrected chi connectivity index (χ1v) is 9.30. The summed E-state index contributed by atoms with van der Waals surface area (Å²) in [6.45, 7) is 2.61. The highest BCUT2D eigenvalue weighted by Gasteiger charge is 2.38. The minimum absolute atomic E-state index is 0.00966. The van der Waals surface area contributed by atoms with Gasteiger partial charge in [-0.2, -0.15) is 13.2 Å². The van der Waals surface area contributed by atoms with Crippen molar-refractivity contribution >= 4 is 23.0 Å². The summed E-state index contributed by atoms with van der Waals surface area (Å²) in [5, 5.41) is 0. The molecule has 0 bridgehead atoms. The monoisotopic (exact) mass is 450 g/mol. The van der Waals surface area contributed by atoms with Crippen LogP contribution in [0.4, 0.5) is 39.0 Å². The number of aryl methyl sites for hydroxylation is 1. The van der Waals surface area contributed by atoms with Crippen LogP contribution in [0.5, 0.6) is 0 Å². The van der Waals surface area contributed by atoms with Gasteiger partial charge < -0.3 is 9.88 Å². The third kappa shape index (κ3) is 3.49. The quantitative estimate of drug-likeness (QED) is 0.587. The molecular formula is C21H15F5N4O2. The molecule has 166 valence electrons. The lowest BCUT2D eigenvalue weighted by molar-refractivity contribution is -0.141. The number of H-pyrrole nitrogens is 1. The van der Waals surface area contributed by atoms with Crippen molar-refractivity contribution in [3.05, 3.63) is 81.0 Å². The smallest absolute Gasteiger partial charge is 0.324 e. The summed E-state index contributed by atoms with van der Waals surface area (Å²) in [6, 6.07) is 5.31. The van der Waals surface area contributed by atoms with E-state index in [0.717, 1.165) is 17.2 Å². The molecule has 32 heavy (non-hydrogen) atoms. The third-order valence-electron chi connectivity index (χ3n) is 5.20. The lowest BCUT2D eigenvalue weighted by Crippen LogP contribution is -2.46. The Hall–Kier alpha value is -3.76. The number of pyridine rings is 2. The predicted molar refractivity (Wildman–Crippen MR) is 106 cm³/mol. The molecule has 0 aliphatic carbocycles. The number of nitrogens with zero attached hydrogens (tertiary/aromatic N) is 3. The Labute approximate surface area is 177 Å². The Morgan fingerprint density at radius 1 is 0.969 bits per heavy atom. The normalized spacial score (nSPS) is 14.0. The number of nitrogens with one attached hydrogen (secondary N) is 1. The molecule has 2 aromatic heterocycles. The summed E-state index contributed by atoms with van der Waals surface area (Å²) in [6.07, 6.45) is -3.91. The van der Waals surface area contributed by atoms with Gasteiger partial charge in [0.2, 0.25) is 5.56 Å². The number of aromatic nitrogens is 2. The highest BCUT2D eigenvalue weighted by molar-refractivity contribution is 6.12. The van der Waals surface area contributed by atoms with Gasteiger partial charge in [-0.15, -0.1) is 0 Å². The number of fused-ring (bicyclic) bond motifs is 1. The number of amides is 1. The molecule has 6 nitrogen and oxygen atoms in total. The zero-order valence-corrected chi connectivity index (χ0v) is 16.7. The third-order valence-corrected chi connectivity index (χ3v) is 5.20. The highest BCUT2D eigenvalue weighted by atomic mass is 19.4. The molecule has 0 spiro atoms. The molecule has 1 aliphatic rings. The first kappa shape index (κ1) is 21.5. The second kappa shape index (κ2) is 7.43. The molecule has 1 amide bonds. The second-order valence-electron chi connectivity index (χ2n) is 7.23. The molecule has 0 radical (unpaired) electrons. The van der Waals surface area contributed by atoms with Crippen molar-refractivity contribution in [1.82, 2.24) is 9.97 Å². The largest absolute Gasteiger partial charge is 0.433 e. The maximum absolute atomic E-state index is 14.3. The molecule has 0 saturated carbocycles. The summed E-state index contributed by atoms with van der Waals surface area (Å²) in [7, 11) is 0. The summed E-state index contributed by atoms with van der Waals surface area (Å²) in [5.41, 5.74) is -1.41. The molecule has 1 N–H and O–H groups in total. The van der Waals surface area contributed by atoms with E-state index >= 15 is 0 Å². The van der Waals surface area contributed by atoms with Crippen molar-refractivity contribution < 1.29 is 26.7 Å². The van der Waals surface area contributed by atoms with Gasteiger partial charge in [0.1, 0.15) is 12.4 Å². The molecule has 0 fully saturated rings. The summed E-state index contributed by atoms with van der Waals surface area (Å²) < 4.78 is 67.7. The topological polar surface area (TPSA) is 69.3 Å². The SMILES string of the molecule is Cc1[nH]c(=O)ccc1N1CN(c2ccc(F)c(F)c2C)c2cnc(C(F)(F)F)cc2C1=O. The predicted octanol–water partition coefficient (Wildman–Crippen LogP) is 4.44. The summed E-state index contributed by atoms with van der Waals surface area (Å²) >= 11 is 0. The van der Waals surface area contributed by atoms with E-state index in [4.69, 9.17) is 0 Å². The van der Waals surface area contributed by atoms with Crippen LogP contribution in [0.3, 0.4) is 0 Å². The van der Waals surface area contributed by atoms with Crippen molar-refractivity contribution in [2.75, 3.05) is 16.5 Å². The van der Waals surface area contributed by atoms with E-state index in [-0.39, 0.29) is 34.9 Å². The van der Waals surface area contributed by atoms with E-state index in [1.54, 1.807) is 0 Å². The molecule has 0 saturated heterocycles. The van der Waals surface area contributed by atoms with Crippen LogP contribution in [0.15, 0.2) is 41.3 Å². The van der Waals surface area contributed by atoms with Crippen molar-refractivity contribution in [1.29, 1.82) is 0 Å². The molecular weight excluding hydrogens is 435 g/mol. The zero-order chi connectivity index (χ0) is 23.4. The van der Waals surface area contributed by atoms with Crippen LogP contribution in [0.1, 0.15) is 27.3 Å². The standard InChI is InChI=1S/C21H15F5N4O2/c1-10-14(4-3-13(22)19(10)23)29-9-30(15-5-6-18(31)28-11(15)2)20(32)12-7-17(21(24,25)26)27-8-16(12)29/h3-8H,9H2,1-2H3,(H,28,31). The van der Waals surface area contributed by atoms with Crippen LogP contribution >= 0.6 is 0 Å². The Balaban J connectivity index is 1.95. The fourth-order valence-corrected chi connectivity index (χ4v) is 3.61. The van der Waals surface area contributed by atoms with Crippen molar-refractivity contribution in [2.24, 2.45) is 0 Å². The summed E-state index contributed by atoms with van der Waals surface area (Å²) in [4.78, 5) is 33.2. The first-order chi connectivity index (χ1) is 15.0. The van der Waals surface area contributed by atoms with Crippen molar-refractivity contribution in [2.45, 2.75) is 20.0 Å². The van der Waals surface area contributed by atoms with Crippen LogP contribution in [0, 0.1) is 25.5 Å². The molecule has 11 heteroatoms. The number of alkyl halides is 3. The van der Waals surface area contributed by atoms with Gasteiger partial charge in [0, 0.05) is 23.0 Å². The van der Waals surface area contributed by atoms with Gasteiger partial charge in [0.05, 0.1) is 23.1 Å². The van der Waals surface area contributed by atoms with E-state index in [1.165, 1.54) is 36.9 Å². The number of anilines is 3. The van der Waals surface area contributed by atoms with Gasteiger partial charge in [0.15, 0.2) is 11.6 Å². The number of rotatable bonds is 2. The fraction of sp³-hybridized carbons (Fsp3) is 0.190. The number of halogens is 5. The maximum atomic E-state index is 14.3. The number of hydrogen-bond acceptors (Lipinski definition) is 4.